The molecule has 2 rings (SSSR count). The quantitative estimate of drug-likeness (QED) is 0.623. The summed E-state index contributed by atoms with van der Waals surface area (Å²) in [6.45, 7) is 6.35. The summed E-state index contributed by atoms with van der Waals surface area (Å²) in [5, 5.41) is 7.79. The molecular formula is C21H28N4O3S. The molecule has 0 aliphatic rings. The summed E-state index contributed by atoms with van der Waals surface area (Å²) in [6, 6.07) is 9.03. The van der Waals surface area contributed by atoms with Crippen molar-refractivity contribution in [3.8, 4) is 0 Å². The molecular weight excluding hydrogens is 388 g/mol. The summed E-state index contributed by atoms with van der Waals surface area (Å²) in [6.07, 6.45) is 1.78. The molecule has 0 saturated heterocycles. The molecule has 0 aliphatic heterocycles. The highest BCUT2D eigenvalue weighted by Gasteiger charge is 2.19. The Morgan fingerprint density at radius 2 is 1.86 bits per heavy atom. The van der Waals surface area contributed by atoms with E-state index in [9.17, 15) is 14.4 Å². The van der Waals surface area contributed by atoms with Gasteiger partial charge in [0.2, 0.25) is 11.8 Å². The maximum Gasteiger partial charge on any atom is 0.254 e. The van der Waals surface area contributed by atoms with Crippen molar-refractivity contribution in [1.82, 2.24) is 15.2 Å². The van der Waals surface area contributed by atoms with Crippen LogP contribution in [-0.4, -0.2) is 46.7 Å². The van der Waals surface area contributed by atoms with Crippen molar-refractivity contribution in [3.63, 3.8) is 0 Å². The van der Waals surface area contributed by atoms with Crippen molar-refractivity contribution >= 4 is 34.2 Å². The number of aromatic nitrogens is 1. The van der Waals surface area contributed by atoms with E-state index >= 15 is 0 Å². The second kappa shape index (κ2) is 11.3. The summed E-state index contributed by atoms with van der Waals surface area (Å²) in [7, 11) is 0. The minimum Gasteiger partial charge on any atom is -0.353 e. The van der Waals surface area contributed by atoms with Gasteiger partial charge in [0, 0.05) is 23.5 Å². The minimum absolute atomic E-state index is 0.0506. The van der Waals surface area contributed by atoms with Gasteiger partial charge in [-0.25, -0.2) is 4.98 Å². The first kappa shape index (κ1) is 22.5. The van der Waals surface area contributed by atoms with Crippen LogP contribution in [0, 0.1) is 0 Å². The maximum atomic E-state index is 12.6. The molecule has 2 N–H and O–H groups in total. The molecule has 1 atom stereocenters. The van der Waals surface area contributed by atoms with Gasteiger partial charge in [0.25, 0.3) is 5.91 Å². The third-order valence-electron chi connectivity index (χ3n) is 4.30. The zero-order chi connectivity index (χ0) is 21.2. The van der Waals surface area contributed by atoms with Crippen LogP contribution in [0.1, 0.15) is 49.7 Å². The van der Waals surface area contributed by atoms with E-state index in [4.69, 9.17) is 0 Å². The lowest BCUT2D eigenvalue weighted by Gasteiger charge is -2.21. The Morgan fingerprint density at radius 1 is 1.14 bits per heavy atom. The lowest BCUT2D eigenvalue weighted by atomic mass is 10.2. The number of thiazole rings is 1. The fourth-order valence-corrected chi connectivity index (χ4v) is 3.38. The Bertz CT molecular complexity index is 822. The Balaban J connectivity index is 1.92. The summed E-state index contributed by atoms with van der Waals surface area (Å²) < 4.78 is 0. The normalized spacial score (nSPS) is 11.6. The molecule has 2 aromatic rings. The molecule has 156 valence electrons. The molecule has 1 aromatic carbocycles. The fraction of sp³-hybridized carbons (Fsp3) is 0.429. The summed E-state index contributed by atoms with van der Waals surface area (Å²) in [5.41, 5.74) is 1.16. The molecule has 1 aromatic heterocycles. The number of hydrogen-bond donors (Lipinski definition) is 2. The van der Waals surface area contributed by atoms with Gasteiger partial charge < -0.3 is 15.5 Å². The topological polar surface area (TPSA) is 91.4 Å². The number of amides is 3. The van der Waals surface area contributed by atoms with Crippen molar-refractivity contribution in [2.24, 2.45) is 0 Å². The third-order valence-corrected chi connectivity index (χ3v) is 5.10. The number of carbonyl (C=O) groups is 3. The Hall–Kier alpha value is -2.74. The molecule has 3 amide bonds. The molecule has 0 spiro atoms. The first-order valence-corrected chi connectivity index (χ1v) is 10.7. The van der Waals surface area contributed by atoms with Gasteiger partial charge in [-0.3, -0.25) is 14.4 Å². The summed E-state index contributed by atoms with van der Waals surface area (Å²) in [4.78, 5) is 42.9. The van der Waals surface area contributed by atoms with Crippen molar-refractivity contribution in [3.05, 3.63) is 47.0 Å². The summed E-state index contributed by atoms with van der Waals surface area (Å²) in [5.74, 6) is -0.582. The predicted molar refractivity (Wildman–Crippen MR) is 115 cm³/mol. The largest absolute Gasteiger partial charge is 0.353 e. The highest BCUT2D eigenvalue weighted by atomic mass is 32.1. The van der Waals surface area contributed by atoms with Gasteiger partial charge in [-0.15, -0.1) is 11.3 Å². The van der Waals surface area contributed by atoms with Crippen LogP contribution in [0.5, 0.6) is 0 Å². The van der Waals surface area contributed by atoms with Crippen molar-refractivity contribution in [2.45, 2.75) is 46.1 Å². The number of nitrogens with one attached hydrogen (secondary N) is 2. The first-order valence-electron chi connectivity index (χ1n) is 9.80. The Labute approximate surface area is 175 Å². The standard InChI is InChI=1S/C21H28N4O3S/c1-4-11-25(20(28)16-9-7-6-8-10-16)13-19(27)24-21-23-17(14-29-21)12-18(26)22-15(3)5-2/h6-10,14-15H,4-5,11-13H2,1-3H3,(H,22,26)(H,23,24,27). The van der Waals surface area contributed by atoms with Crippen LogP contribution in [0.2, 0.25) is 0 Å². The minimum atomic E-state index is -0.312. The van der Waals surface area contributed by atoms with Crippen LogP contribution in [0.15, 0.2) is 35.7 Å². The molecule has 0 radical (unpaired) electrons. The molecule has 8 heteroatoms. The Morgan fingerprint density at radius 3 is 2.52 bits per heavy atom. The molecule has 29 heavy (non-hydrogen) atoms. The number of nitrogens with zero attached hydrogens (tertiary/aromatic N) is 2. The van der Waals surface area contributed by atoms with E-state index in [2.05, 4.69) is 15.6 Å². The fourth-order valence-electron chi connectivity index (χ4n) is 2.66. The predicted octanol–water partition coefficient (Wildman–Crippen LogP) is 3.09. The third kappa shape index (κ3) is 7.30. The SMILES string of the molecule is CCCN(CC(=O)Nc1nc(CC(=O)NC(C)CC)cs1)C(=O)c1ccccc1. The van der Waals surface area contributed by atoms with Crippen LogP contribution in [0.25, 0.3) is 0 Å². The van der Waals surface area contributed by atoms with Gasteiger partial charge in [0.15, 0.2) is 5.13 Å². The average Bonchev–Trinajstić information content (AvgIpc) is 3.13. The summed E-state index contributed by atoms with van der Waals surface area (Å²) >= 11 is 1.26. The number of benzene rings is 1. The average molecular weight is 417 g/mol. The van der Waals surface area contributed by atoms with Gasteiger partial charge in [-0.2, -0.15) is 0 Å². The molecule has 1 unspecified atom stereocenters. The lowest BCUT2D eigenvalue weighted by Crippen LogP contribution is -2.38. The van der Waals surface area contributed by atoms with Crippen molar-refractivity contribution in [1.29, 1.82) is 0 Å². The zero-order valence-electron chi connectivity index (χ0n) is 17.1. The first-order chi connectivity index (χ1) is 13.9. The van der Waals surface area contributed by atoms with Gasteiger partial charge in [0.1, 0.15) is 6.54 Å². The van der Waals surface area contributed by atoms with E-state index in [0.717, 1.165) is 12.8 Å². The highest BCUT2D eigenvalue weighted by molar-refractivity contribution is 7.13. The zero-order valence-corrected chi connectivity index (χ0v) is 17.9. The van der Waals surface area contributed by atoms with E-state index in [1.54, 1.807) is 29.6 Å². The smallest absolute Gasteiger partial charge is 0.254 e. The lowest BCUT2D eigenvalue weighted by molar-refractivity contribution is -0.121. The van der Waals surface area contributed by atoms with Gasteiger partial charge in [-0.1, -0.05) is 32.0 Å². The number of hydrogen-bond acceptors (Lipinski definition) is 5. The van der Waals surface area contributed by atoms with Crippen molar-refractivity contribution in [2.75, 3.05) is 18.4 Å². The van der Waals surface area contributed by atoms with Crippen LogP contribution in [-0.2, 0) is 16.0 Å². The van der Waals surface area contributed by atoms with Gasteiger partial charge in [-0.05, 0) is 31.9 Å². The number of anilines is 1. The van der Waals surface area contributed by atoms with E-state index in [0.29, 0.717) is 22.9 Å². The number of rotatable bonds is 10. The molecule has 0 fully saturated rings. The van der Waals surface area contributed by atoms with Crippen LogP contribution < -0.4 is 10.6 Å². The monoisotopic (exact) mass is 416 g/mol. The second-order valence-corrected chi connectivity index (χ2v) is 7.70. The van der Waals surface area contributed by atoms with E-state index in [1.165, 1.54) is 16.2 Å². The highest BCUT2D eigenvalue weighted by Crippen LogP contribution is 2.16. The number of carbonyl (C=O) groups excluding carboxylic acids is 3. The molecule has 7 nitrogen and oxygen atoms in total. The maximum absolute atomic E-state index is 12.6. The second-order valence-electron chi connectivity index (χ2n) is 6.84. The van der Waals surface area contributed by atoms with Crippen LogP contribution in [0.3, 0.4) is 0 Å². The van der Waals surface area contributed by atoms with Gasteiger partial charge >= 0.3 is 0 Å². The molecule has 0 aliphatic carbocycles. The molecule has 0 bridgehead atoms. The van der Waals surface area contributed by atoms with E-state index < -0.39 is 0 Å². The van der Waals surface area contributed by atoms with E-state index in [-0.39, 0.29) is 36.7 Å². The Kier molecular flexibility index (Phi) is 8.79. The van der Waals surface area contributed by atoms with Crippen molar-refractivity contribution < 1.29 is 14.4 Å². The molecule has 0 saturated carbocycles. The van der Waals surface area contributed by atoms with E-state index in [1.807, 2.05) is 26.8 Å². The van der Waals surface area contributed by atoms with Crippen LogP contribution in [0.4, 0.5) is 5.13 Å². The van der Waals surface area contributed by atoms with Crippen LogP contribution >= 0.6 is 11.3 Å². The molecule has 1 heterocycles. The van der Waals surface area contributed by atoms with Gasteiger partial charge in [0.05, 0.1) is 12.1 Å².